The Kier molecular flexibility index (Phi) is 7.79. The number of pyridine rings is 2. The van der Waals surface area contributed by atoms with Crippen LogP contribution in [0.25, 0.3) is 11.1 Å². The molecule has 0 unspecified atom stereocenters. The maximum Gasteiger partial charge on any atom is 0.251 e. The summed E-state index contributed by atoms with van der Waals surface area (Å²) in [5, 5.41) is 3.00. The van der Waals surface area contributed by atoms with E-state index in [0.717, 1.165) is 35.2 Å². The third-order valence-electron chi connectivity index (χ3n) is 5.90. The van der Waals surface area contributed by atoms with Crippen molar-refractivity contribution in [2.45, 2.75) is 12.3 Å². The molecule has 4 rings (SSSR count). The van der Waals surface area contributed by atoms with Crippen molar-refractivity contribution in [3.63, 3.8) is 0 Å². The van der Waals surface area contributed by atoms with Gasteiger partial charge in [-0.25, -0.2) is 0 Å². The van der Waals surface area contributed by atoms with Crippen LogP contribution in [-0.2, 0) is 6.42 Å². The lowest BCUT2D eigenvalue weighted by Gasteiger charge is -2.20. The summed E-state index contributed by atoms with van der Waals surface area (Å²) in [6, 6.07) is 24.5. The van der Waals surface area contributed by atoms with E-state index in [2.05, 4.69) is 51.7 Å². The van der Waals surface area contributed by atoms with Gasteiger partial charge in [-0.1, -0.05) is 48.5 Å². The van der Waals surface area contributed by atoms with Crippen molar-refractivity contribution in [3.05, 3.63) is 120 Å². The SMILES string of the molecule is CN(C)CCNC(=O)c1cccc(-c2ccccc2CC(c2cccnc2)c2cccnc2)c1. The fraction of sp³-hybridized carbons (Fsp3) is 0.207. The van der Waals surface area contributed by atoms with Crippen LogP contribution in [0, 0.1) is 0 Å². The molecule has 2 aromatic heterocycles. The first-order valence-corrected chi connectivity index (χ1v) is 11.5. The van der Waals surface area contributed by atoms with Gasteiger partial charge < -0.3 is 10.2 Å². The Balaban J connectivity index is 1.64. The number of likely N-dealkylation sites (N-methyl/N-ethyl adjacent to an activating group) is 1. The number of aromatic nitrogens is 2. The highest BCUT2D eigenvalue weighted by Gasteiger charge is 2.18. The number of benzene rings is 2. The second-order valence-corrected chi connectivity index (χ2v) is 8.63. The van der Waals surface area contributed by atoms with Crippen molar-refractivity contribution in [3.8, 4) is 11.1 Å². The zero-order chi connectivity index (χ0) is 23.8. The maximum atomic E-state index is 12.7. The largest absolute Gasteiger partial charge is 0.351 e. The minimum absolute atomic E-state index is 0.0511. The van der Waals surface area contributed by atoms with Crippen LogP contribution in [-0.4, -0.2) is 48.0 Å². The molecule has 0 radical (unpaired) electrons. The molecule has 0 fully saturated rings. The van der Waals surface area contributed by atoms with Crippen LogP contribution in [0.5, 0.6) is 0 Å². The van der Waals surface area contributed by atoms with E-state index in [1.54, 1.807) is 12.4 Å². The highest BCUT2D eigenvalue weighted by molar-refractivity contribution is 5.95. The topological polar surface area (TPSA) is 58.1 Å². The van der Waals surface area contributed by atoms with Crippen molar-refractivity contribution < 1.29 is 4.79 Å². The summed E-state index contributed by atoms with van der Waals surface area (Å²) in [5.74, 6) is 0.0749. The molecule has 34 heavy (non-hydrogen) atoms. The van der Waals surface area contributed by atoms with Gasteiger partial charge in [0, 0.05) is 49.4 Å². The number of rotatable bonds is 9. The average molecular weight is 451 g/mol. The second kappa shape index (κ2) is 11.3. The lowest BCUT2D eigenvalue weighted by molar-refractivity contribution is 0.0951. The van der Waals surface area contributed by atoms with E-state index in [1.165, 1.54) is 5.56 Å². The first kappa shape index (κ1) is 23.3. The van der Waals surface area contributed by atoms with Gasteiger partial charge >= 0.3 is 0 Å². The van der Waals surface area contributed by atoms with Crippen molar-refractivity contribution >= 4 is 5.91 Å². The molecule has 172 valence electrons. The first-order valence-electron chi connectivity index (χ1n) is 11.5. The van der Waals surface area contributed by atoms with Crippen molar-refractivity contribution in [2.24, 2.45) is 0 Å². The molecule has 2 heterocycles. The lowest BCUT2D eigenvalue weighted by atomic mass is 9.85. The lowest BCUT2D eigenvalue weighted by Crippen LogP contribution is -2.31. The van der Waals surface area contributed by atoms with E-state index in [9.17, 15) is 4.79 Å². The van der Waals surface area contributed by atoms with Gasteiger partial charge in [0.05, 0.1) is 0 Å². The quantitative estimate of drug-likeness (QED) is 0.398. The molecule has 0 spiro atoms. The van der Waals surface area contributed by atoms with Crippen molar-refractivity contribution in [1.29, 1.82) is 0 Å². The van der Waals surface area contributed by atoms with Gasteiger partial charge in [0.2, 0.25) is 0 Å². The normalized spacial score (nSPS) is 11.1. The van der Waals surface area contributed by atoms with Crippen LogP contribution in [0.15, 0.2) is 97.6 Å². The molecule has 2 aromatic carbocycles. The van der Waals surface area contributed by atoms with Gasteiger partial charge in [0.15, 0.2) is 0 Å². The summed E-state index contributed by atoms with van der Waals surface area (Å²) < 4.78 is 0. The van der Waals surface area contributed by atoms with Crippen LogP contribution in [0.4, 0.5) is 0 Å². The molecule has 0 atom stereocenters. The zero-order valence-corrected chi connectivity index (χ0v) is 19.7. The standard InChI is InChI=1S/C29H30N4O/c1-33(2)17-16-32-29(34)24-10-5-9-22(18-24)27-13-4-3-8-23(27)19-28(25-11-6-14-30-20-25)26-12-7-15-31-21-26/h3-15,18,20-21,28H,16-17,19H2,1-2H3,(H,32,34). The van der Waals surface area contributed by atoms with Crippen molar-refractivity contribution in [2.75, 3.05) is 27.2 Å². The number of nitrogens with one attached hydrogen (secondary N) is 1. The third-order valence-corrected chi connectivity index (χ3v) is 5.90. The smallest absolute Gasteiger partial charge is 0.251 e. The molecule has 1 amide bonds. The molecule has 0 aliphatic carbocycles. The fourth-order valence-electron chi connectivity index (χ4n) is 4.12. The average Bonchev–Trinajstić information content (AvgIpc) is 2.88. The number of carbonyl (C=O) groups excluding carboxylic acids is 1. The monoisotopic (exact) mass is 450 g/mol. The fourth-order valence-corrected chi connectivity index (χ4v) is 4.12. The zero-order valence-electron chi connectivity index (χ0n) is 19.7. The Hall–Kier alpha value is -3.83. The van der Waals surface area contributed by atoms with Gasteiger partial charge in [0.1, 0.15) is 0 Å². The van der Waals surface area contributed by atoms with Crippen LogP contribution in [0.1, 0.15) is 33.0 Å². The molecule has 0 saturated carbocycles. The molecule has 1 N–H and O–H groups in total. The van der Waals surface area contributed by atoms with Crippen LogP contribution < -0.4 is 5.32 Å². The van der Waals surface area contributed by atoms with E-state index in [4.69, 9.17) is 0 Å². The van der Waals surface area contributed by atoms with E-state index < -0.39 is 0 Å². The molecule has 0 bridgehead atoms. The number of hydrogen-bond acceptors (Lipinski definition) is 4. The molecule has 0 aliphatic heterocycles. The summed E-state index contributed by atoms with van der Waals surface area (Å²) in [4.78, 5) is 23.5. The van der Waals surface area contributed by atoms with E-state index in [0.29, 0.717) is 12.1 Å². The summed E-state index contributed by atoms with van der Waals surface area (Å²) in [5.41, 5.74) is 6.35. The third kappa shape index (κ3) is 5.94. The highest BCUT2D eigenvalue weighted by atomic mass is 16.1. The summed E-state index contributed by atoms with van der Waals surface area (Å²) in [6.07, 6.45) is 8.25. The minimum Gasteiger partial charge on any atom is -0.351 e. The van der Waals surface area contributed by atoms with Crippen LogP contribution in [0.3, 0.4) is 0 Å². The van der Waals surface area contributed by atoms with Gasteiger partial charge in [-0.2, -0.15) is 0 Å². The minimum atomic E-state index is -0.0511. The van der Waals surface area contributed by atoms with Crippen LogP contribution in [0.2, 0.25) is 0 Å². The van der Waals surface area contributed by atoms with Crippen LogP contribution >= 0.6 is 0 Å². The number of amides is 1. The van der Waals surface area contributed by atoms with E-state index >= 15 is 0 Å². The van der Waals surface area contributed by atoms with Gasteiger partial charge in [-0.3, -0.25) is 14.8 Å². The van der Waals surface area contributed by atoms with Gasteiger partial charge in [-0.05, 0) is 72.6 Å². The first-order chi connectivity index (χ1) is 16.6. The van der Waals surface area contributed by atoms with Gasteiger partial charge in [-0.15, -0.1) is 0 Å². The molecular weight excluding hydrogens is 420 g/mol. The molecule has 0 saturated heterocycles. The number of hydrogen-bond donors (Lipinski definition) is 1. The molecule has 5 heteroatoms. The second-order valence-electron chi connectivity index (χ2n) is 8.63. The Labute approximate surface area is 201 Å². The summed E-state index contributed by atoms with van der Waals surface area (Å²) in [7, 11) is 3.99. The molecule has 0 aliphatic rings. The van der Waals surface area contributed by atoms with E-state index in [1.807, 2.05) is 67.8 Å². The van der Waals surface area contributed by atoms with Gasteiger partial charge in [0.25, 0.3) is 5.91 Å². The maximum absolute atomic E-state index is 12.7. The highest BCUT2D eigenvalue weighted by Crippen LogP contribution is 2.32. The number of carbonyl (C=O) groups is 1. The van der Waals surface area contributed by atoms with E-state index in [-0.39, 0.29) is 11.8 Å². The molecule has 5 nitrogen and oxygen atoms in total. The molecule has 4 aromatic rings. The Morgan fingerprint density at radius 2 is 1.59 bits per heavy atom. The summed E-state index contributed by atoms with van der Waals surface area (Å²) >= 11 is 0. The Morgan fingerprint density at radius 3 is 2.24 bits per heavy atom. The predicted octanol–water partition coefficient (Wildman–Crippen LogP) is 4.81. The Morgan fingerprint density at radius 1 is 0.882 bits per heavy atom. The number of nitrogens with zero attached hydrogens (tertiary/aromatic N) is 3. The Bertz CT molecular complexity index is 1170. The predicted molar refractivity (Wildman–Crippen MR) is 137 cm³/mol. The molecular formula is C29H30N4O. The summed E-state index contributed by atoms with van der Waals surface area (Å²) in [6.45, 7) is 1.42. The van der Waals surface area contributed by atoms with Crippen molar-refractivity contribution in [1.82, 2.24) is 20.2 Å².